The van der Waals surface area contributed by atoms with Gasteiger partial charge in [0.05, 0.1) is 17.3 Å². The first-order valence-electron chi connectivity index (χ1n) is 5.59. The minimum atomic E-state index is -3.83. The van der Waals surface area contributed by atoms with Crippen molar-refractivity contribution in [1.29, 1.82) is 0 Å². The predicted octanol–water partition coefficient (Wildman–Crippen LogP) is 0.185. The lowest BCUT2D eigenvalue weighted by atomic mass is 10.4. The Kier molecular flexibility index (Phi) is 3.63. The first kappa shape index (κ1) is 14.4. The average molecular weight is 305 g/mol. The van der Waals surface area contributed by atoms with Gasteiger partial charge in [-0.1, -0.05) is 0 Å². The molecule has 1 fully saturated rings. The van der Waals surface area contributed by atoms with Gasteiger partial charge in [-0.2, -0.15) is 9.40 Å². The van der Waals surface area contributed by atoms with E-state index in [2.05, 4.69) is 5.10 Å². The molecular formula is C10H15N3O4S2. The molecule has 2 heterocycles. The van der Waals surface area contributed by atoms with Gasteiger partial charge in [0.2, 0.25) is 10.0 Å². The summed E-state index contributed by atoms with van der Waals surface area (Å²) in [6.07, 6.45) is 0. The number of aromatic nitrogens is 2. The highest BCUT2D eigenvalue weighted by Crippen LogP contribution is 2.31. The zero-order valence-corrected chi connectivity index (χ0v) is 12.5. The highest BCUT2D eigenvalue weighted by molar-refractivity contribution is 8.00. The van der Waals surface area contributed by atoms with Crippen LogP contribution in [0.5, 0.6) is 0 Å². The van der Waals surface area contributed by atoms with Gasteiger partial charge in [0.25, 0.3) is 0 Å². The third kappa shape index (κ3) is 2.26. The predicted molar refractivity (Wildman–Crippen MR) is 70.5 cm³/mol. The maximum Gasteiger partial charge on any atom is 0.322 e. The maximum atomic E-state index is 12.6. The molecule has 106 valence electrons. The summed E-state index contributed by atoms with van der Waals surface area (Å²) in [5, 5.41) is 13.2. The molecular weight excluding hydrogens is 290 g/mol. The van der Waals surface area contributed by atoms with Crippen LogP contribution >= 0.6 is 11.8 Å². The van der Waals surface area contributed by atoms with Crippen LogP contribution < -0.4 is 0 Å². The van der Waals surface area contributed by atoms with Crippen molar-refractivity contribution in [3.8, 4) is 0 Å². The van der Waals surface area contributed by atoms with E-state index in [4.69, 9.17) is 5.11 Å². The summed E-state index contributed by atoms with van der Waals surface area (Å²) in [6, 6.07) is -1.01. The Bertz CT molecular complexity index is 623. The van der Waals surface area contributed by atoms with Crippen LogP contribution in [0.25, 0.3) is 0 Å². The zero-order chi connectivity index (χ0) is 14.4. The van der Waals surface area contributed by atoms with Crippen molar-refractivity contribution in [1.82, 2.24) is 14.1 Å². The Hall–Kier alpha value is -1.06. The van der Waals surface area contributed by atoms with Crippen LogP contribution in [0.15, 0.2) is 4.90 Å². The third-order valence-corrected chi connectivity index (χ3v) is 6.42. The Morgan fingerprint density at radius 3 is 2.58 bits per heavy atom. The van der Waals surface area contributed by atoms with E-state index in [-0.39, 0.29) is 16.5 Å². The number of sulfonamides is 1. The van der Waals surface area contributed by atoms with E-state index in [1.165, 1.54) is 16.4 Å². The van der Waals surface area contributed by atoms with E-state index >= 15 is 0 Å². The van der Waals surface area contributed by atoms with Crippen molar-refractivity contribution in [2.24, 2.45) is 7.05 Å². The molecule has 0 spiro atoms. The van der Waals surface area contributed by atoms with Crippen molar-refractivity contribution >= 4 is 27.8 Å². The fourth-order valence-electron chi connectivity index (χ4n) is 2.10. The fraction of sp³-hybridized carbons (Fsp3) is 0.600. The second-order valence-electron chi connectivity index (χ2n) is 4.37. The van der Waals surface area contributed by atoms with Crippen LogP contribution in [0.3, 0.4) is 0 Å². The largest absolute Gasteiger partial charge is 0.480 e. The lowest BCUT2D eigenvalue weighted by Gasteiger charge is -2.20. The molecule has 2 rings (SSSR count). The minimum absolute atomic E-state index is 0.115. The number of carbonyl (C=O) groups is 1. The number of rotatable bonds is 3. The van der Waals surface area contributed by atoms with Crippen LogP contribution in [0, 0.1) is 13.8 Å². The van der Waals surface area contributed by atoms with Gasteiger partial charge in [0.15, 0.2) is 0 Å². The number of aliphatic carboxylic acids is 1. The number of carboxylic acids is 1. The zero-order valence-electron chi connectivity index (χ0n) is 10.8. The van der Waals surface area contributed by atoms with E-state index in [0.29, 0.717) is 11.4 Å². The van der Waals surface area contributed by atoms with Crippen LogP contribution in [-0.4, -0.2) is 51.3 Å². The standard InChI is InChI=1S/C10H15N3O4S2/c1-6-9(7(2)12(3)11-6)19(16,17)13-5-18-4-8(13)10(14)15/h8H,4-5H2,1-3H3,(H,14,15)/t8-/m1/s1. The Balaban J connectivity index is 2.51. The van der Waals surface area contributed by atoms with Crippen LogP contribution in [0.1, 0.15) is 11.4 Å². The van der Waals surface area contributed by atoms with Crippen LogP contribution in [-0.2, 0) is 21.9 Å². The van der Waals surface area contributed by atoms with Crippen molar-refractivity contribution < 1.29 is 18.3 Å². The number of nitrogens with zero attached hydrogens (tertiary/aromatic N) is 3. The smallest absolute Gasteiger partial charge is 0.322 e. The van der Waals surface area contributed by atoms with E-state index in [9.17, 15) is 13.2 Å². The molecule has 0 aliphatic carbocycles. The number of carboxylic acid groups (broad SMARTS) is 1. The first-order valence-corrected chi connectivity index (χ1v) is 8.19. The van der Waals surface area contributed by atoms with E-state index < -0.39 is 22.0 Å². The SMILES string of the molecule is Cc1nn(C)c(C)c1S(=O)(=O)N1CSC[C@@H]1C(=O)O. The molecule has 0 bridgehead atoms. The molecule has 1 aromatic heterocycles. The van der Waals surface area contributed by atoms with Gasteiger partial charge in [-0.3, -0.25) is 9.48 Å². The molecule has 1 aliphatic rings. The molecule has 1 saturated heterocycles. The quantitative estimate of drug-likeness (QED) is 0.856. The fourth-order valence-corrected chi connectivity index (χ4v) is 5.64. The molecule has 1 atom stereocenters. The number of hydrogen-bond acceptors (Lipinski definition) is 5. The van der Waals surface area contributed by atoms with Crippen molar-refractivity contribution in [2.75, 3.05) is 11.6 Å². The van der Waals surface area contributed by atoms with Gasteiger partial charge in [-0.25, -0.2) is 8.42 Å². The van der Waals surface area contributed by atoms with Gasteiger partial charge >= 0.3 is 5.97 Å². The molecule has 1 aromatic rings. The summed E-state index contributed by atoms with van der Waals surface area (Å²) in [6.45, 7) is 3.27. The average Bonchev–Trinajstić information content (AvgIpc) is 2.85. The second kappa shape index (κ2) is 4.80. The Morgan fingerprint density at radius 1 is 1.47 bits per heavy atom. The van der Waals surface area contributed by atoms with Crippen LogP contribution in [0.4, 0.5) is 0 Å². The van der Waals surface area contributed by atoms with E-state index in [1.54, 1.807) is 20.9 Å². The summed E-state index contributed by atoms with van der Waals surface area (Å²) in [7, 11) is -2.16. The molecule has 0 unspecified atom stereocenters. The summed E-state index contributed by atoms with van der Waals surface area (Å²) < 4.78 is 27.7. The molecule has 0 aromatic carbocycles. The number of thioether (sulfide) groups is 1. The maximum absolute atomic E-state index is 12.6. The lowest BCUT2D eigenvalue weighted by molar-refractivity contribution is -0.140. The van der Waals surface area contributed by atoms with Crippen molar-refractivity contribution in [3.05, 3.63) is 11.4 Å². The van der Waals surface area contributed by atoms with Gasteiger partial charge in [-0.15, -0.1) is 11.8 Å². The topological polar surface area (TPSA) is 92.5 Å². The van der Waals surface area contributed by atoms with E-state index in [0.717, 1.165) is 4.31 Å². The molecule has 9 heteroatoms. The molecule has 1 N–H and O–H groups in total. The van der Waals surface area contributed by atoms with Gasteiger partial charge in [0, 0.05) is 12.8 Å². The molecule has 0 amide bonds. The number of aryl methyl sites for hydroxylation is 2. The molecule has 7 nitrogen and oxygen atoms in total. The molecule has 1 aliphatic heterocycles. The molecule has 0 saturated carbocycles. The first-order chi connectivity index (χ1) is 8.76. The summed E-state index contributed by atoms with van der Waals surface area (Å²) in [5.41, 5.74) is 0.902. The highest BCUT2D eigenvalue weighted by atomic mass is 32.2. The van der Waals surface area contributed by atoms with Gasteiger partial charge < -0.3 is 5.11 Å². The lowest BCUT2D eigenvalue weighted by Crippen LogP contribution is -2.42. The van der Waals surface area contributed by atoms with Crippen molar-refractivity contribution in [3.63, 3.8) is 0 Å². The van der Waals surface area contributed by atoms with Gasteiger partial charge in [0.1, 0.15) is 10.9 Å². The third-order valence-electron chi connectivity index (χ3n) is 3.14. The molecule has 19 heavy (non-hydrogen) atoms. The second-order valence-corrected chi connectivity index (χ2v) is 7.20. The Labute approximate surface area is 115 Å². The van der Waals surface area contributed by atoms with Gasteiger partial charge in [-0.05, 0) is 13.8 Å². The monoisotopic (exact) mass is 305 g/mol. The summed E-state index contributed by atoms with van der Waals surface area (Å²) in [5.74, 6) is -0.687. The summed E-state index contributed by atoms with van der Waals surface area (Å²) in [4.78, 5) is 11.2. The molecule has 0 radical (unpaired) electrons. The number of hydrogen-bond donors (Lipinski definition) is 1. The van der Waals surface area contributed by atoms with E-state index in [1.807, 2.05) is 0 Å². The van der Waals surface area contributed by atoms with Crippen molar-refractivity contribution in [2.45, 2.75) is 24.8 Å². The summed E-state index contributed by atoms with van der Waals surface area (Å²) >= 11 is 1.30. The Morgan fingerprint density at radius 2 is 2.11 bits per heavy atom. The van der Waals surface area contributed by atoms with Crippen LogP contribution in [0.2, 0.25) is 0 Å². The minimum Gasteiger partial charge on any atom is -0.480 e. The highest BCUT2D eigenvalue weighted by Gasteiger charge is 2.42. The normalized spacial score (nSPS) is 20.9.